The van der Waals surface area contributed by atoms with E-state index in [-0.39, 0.29) is 24.2 Å². The summed E-state index contributed by atoms with van der Waals surface area (Å²) >= 11 is 0. The van der Waals surface area contributed by atoms with Crippen molar-refractivity contribution >= 4 is 12.0 Å². The summed E-state index contributed by atoms with van der Waals surface area (Å²) in [6, 6.07) is 3.01. The zero-order valence-electron chi connectivity index (χ0n) is 25.3. The number of hydrogen-bond donors (Lipinski definition) is 1. The Kier molecular flexibility index (Phi) is 11.0. The highest BCUT2D eigenvalue weighted by Crippen LogP contribution is 2.40. The zero-order valence-corrected chi connectivity index (χ0v) is 25.3. The van der Waals surface area contributed by atoms with Crippen molar-refractivity contribution in [3.05, 3.63) is 70.0 Å². The highest BCUT2D eigenvalue weighted by atomic mass is 19.4. The Labute approximate surface area is 252 Å². The summed E-state index contributed by atoms with van der Waals surface area (Å²) in [5.41, 5.74) is -2.03. The number of carbonyl (C=O) groups excluding carboxylic acids is 1. The third-order valence-corrected chi connectivity index (χ3v) is 8.47. The number of hydrogen-bond acceptors (Lipinski definition) is 3. The van der Waals surface area contributed by atoms with Gasteiger partial charge in [0.2, 0.25) is 0 Å². The highest BCUT2D eigenvalue weighted by molar-refractivity contribution is 5.75. The van der Waals surface area contributed by atoms with Crippen molar-refractivity contribution in [2.45, 2.75) is 77.4 Å². The second-order valence-electron chi connectivity index (χ2n) is 11.1. The molecule has 2 heterocycles. The number of carboxylic acids is 1. The van der Waals surface area contributed by atoms with Crippen molar-refractivity contribution in [3.8, 4) is 0 Å². The van der Waals surface area contributed by atoms with Crippen molar-refractivity contribution in [2.75, 3.05) is 26.7 Å². The minimum Gasteiger partial charge on any atom is -0.481 e. The van der Waals surface area contributed by atoms with Gasteiger partial charge < -0.3 is 14.9 Å². The number of carbonyl (C=O) groups is 2. The van der Waals surface area contributed by atoms with Gasteiger partial charge in [-0.25, -0.2) is 9.18 Å². The van der Waals surface area contributed by atoms with Crippen molar-refractivity contribution in [2.24, 2.45) is 5.92 Å². The quantitative estimate of drug-likeness (QED) is 0.340. The molecule has 2 aliphatic heterocycles. The molecule has 244 valence electrons. The number of nitrogens with zero attached hydrogens (tertiary/aromatic N) is 3. The molecule has 0 spiro atoms. The van der Waals surface area contributed by atoms with Gasteiger partial charge in [-0.15, -0.1) is 0 Å². The number of rotatable bonds is 5. The van der Waals surface area contributed by atoms with E-state index in [0.29, 0.717) is 55.6 Å². The first-order valence-corrected chi connectivity index (χ1v) is 14.5. The summed E-state index contributed by atoms with van der Waals surface area (Å²) in [4.78, 5) is 30.0. The van der Waals surface area contributed by atoms with Crippen LogP contribution in [0.1, 0.15) is 79.9 Å². The molecule has 0 aromatic heterocycles. The fourth-order valence-corrected chi connectivity index (χ4v) is 5.95. The smallest absolute Gasteiger partial charge is 0.416 e. The molecule has 2 amide bonds. The van der Waals surface area contributed by atoms with Gasteiger partial charge in [0.25, 0.3) is 0 Å². The van der Waals surface area contributed by atoms with Crippen molar-refractivity contribution in [1.82, 2.24) is 14.7 Å². The largest absolute Gasteiger partial charge is 0.481 e. The maximum atomic E-state index is 14.0. The van der Waals surface area contributed by atoms with Crippen LogP contribution in [0.2, 0.25) is 0 Å². The molecule has 2 aromatic rings. The van der Waals surface area contributed by atoms with E-state index in [1.165, 1.54) is 31.0 Å². The molecule has 2 saturated heterocycles. The fourth-order valence-electron chi connectivity index (χ4n) is 5.95. The number of halogens is 7. The third-order valence-electron chi connectivity index (χ3n) is 8.47. The van der Waals surface area contributed by atoms with Crippen LogP contribution in [-0.2, 0) is 17.1 Å². The first kappa shape index (κ1) is 35.1. The van der Waals surface area contributed by atoms with Crippen molar-refractivity contribution in [3.63, 3.8) is 0 Å². The van der Waals surface area contributed by atoms with Crippen molar-refractivity contribution < 1.29 is 45.4 Å². The first-order chi connectivity index (χ1) is 20.5. The second-order valence-corrected chi connectivity index (χ2v) is 11.1. The number of carboxylic acid groups (broad SMARTS) is 1. The van der Waals surface area contributed by atoms with Crippen LogP contribution in [0.4, 0.5) is 35.5 Å². The molecule has 2 fully saturated rings. The molecule has 0 bridgehead atoms. The van der Waals surface area contributed by atoms with E-state index >= 15 is 0 Å². The number of urea groups is 1. The zero-order chi connectivity index (χ0) is 33.1. The number of aryl methyl sites for hydroxylation is 1. The van der Waals surface area contributed by atoms with Gasteiger partial charge in [0.05, 0.1) is 29.1 Å². The van der Waals surface area contributed by atoms with Crippen molar-refractivity contribution in [1.29, 1.82) is 0 Å². The molecular weight excluding hydrogens is 595 g/mol. The molecule has 0 radical (unpaired) electrons. The summed E-state index contributed by atoms with van der Waals surface area (Å²) < 4.78 is 94.8. The summed E-state index contributed by atoms with van der Waals surface area (Å²) in [6.45, 7) is 8.17. The summed E-state index contributed by atoms with van der Waals surface area (Å²) in [6.07, 6.45) is -8.68. The van der Waals surface area contributed by atoms with E-state index in [9.17, 15) is 45.4 Å². The molecule has 2 aliphatic rings. The number of alkyl halides is 6. The van der Waals surface area contributed by atoms with E-state index in [4.69, 9.17) is 0 Å². The topological polar surface area (TPSA) is 64.1 Å². The lowest BCUT2D eigenvalue weighted by Gasteiger charge is -2.45. The predicted octanol–water partition coefficient (Wildman–Crippen LogP) is 7.92. The van der Waals surface area contributed by atoms with Crippen LogP contribution in [0, 0.1) is 18.7 Å². The lowest BCUT2D eigenvalue weighted by atomic mass is 9.88. The Morgan fingerprint density at radius 1 is 0.955 bits per heavy atom. The van der Waals surface area contributed by atoms with E-state index in [2.05, 4.69) is 4.90 Å². The number of benzene rings is 2. The average Bonchev–Trinajstić information content (AvgIpc) is 3.47. The average molecular weight is 634 g/mol. The molecule has 4 atom stereocenters. The molecular formula is C31H38F7N3O3. The SMILES string of the molecule is CC.Cc1cc(F)ccc1C1CC(N2CCC(C(=O)O)C2)CCN1C(=O)N(C)C(C)c1cc(C(F)(F)F)cc(C(F)(F)F)c1. The summed E-state index contributed by atoms with van der Waals surface area (Å²) in [5.74, 6) is -1.85. The molecule has 44 heavy (non-hydrogen) atoms. The lowest BCUT2D eigenvalue weighted by molar-refractivity contribution is -0.143. The summed E-state index contributed by atoms with van der Waals surface area (Å²) in [7, 11) is 1.32. The van der Waals surface area contributed by atoms with Gasteiger partial charge in [-0.1, -0.05) is 19.9 Å². The van der Waals surface area contributed by atoms with Crippen LogP contribution < -0.4 is 0 Å². The van der Waals surface area contributed by atoms with E-state index in [1.54, 1.807) is 13.0 Å². The Morgan fingerprint density at radius 2 is 1.55 bits per heavy atom. The Bertz CT molecular complexity index is 1300. The molecule has 4 rings (SSSR count). The van der Waals surface area contributed by atoms with Crippen LogP contribution in [0.15, 0.2) is 36.4 Å². The van der Waals surface area contributed by atoms with Crippen LogP contribution in [-0.4, -0.2) is 64.5 Å². The second kappa shape index (κ2) is 13.7. The van der Waals surface area contributed by atoms with Crippen LogP contribution in [0.25, 0.3) is 0 Å². The Hall–Kier alpha value is -3.35. The van der Waals surface area contributed by atoms with Crippen LogP contribution >= 0.6 is 0 Å². The molecule has 1 N–H and O–H groups in total. The van der Waals surface area contributed by atoms with E-state index in [1.807, 2.05) is 13.8 Å². The third kappa shape index (κ3) is 7.83. The minimum absolute atomic E-state index is 0.0451. The molecule has 0 saturated carbocycles. The number of piperidine rings is 1. The van der Waals surface area contributed by atoms with E-state index < -0.39 is 59.3 Å². The maximum absolute atomic E-state index is 14.0. The normalized spacial score (nSPS) is 21.8. The van der Waals surface area contributed by atoms with Gasteiger partial charge in [-0.05, 0) is 86.7 Å². The highest BCUT2D eigenvalue weighted by Gasteiger charge is 2.41. The lowest BCUT2D eigenvalue weighted by Crippen LogP contribution is -2.51. The number of likely N-dealkylation sites (tertiary alicyclic amines) is 2. The first-order valence-electron chi connectivity index (χ1n) is 14.5. The van der Waals surface area contributed by atoms with Gasteiger partial charge in [0, 0.05) is 26.2 Å². The molecule has 0 aliphatic carbocycles. The monoisotopic (exact) mass is 633 g/mol. The van der Waals surface area contributed by atoms with Gasteiger partial charge in [0.15, 0.2) is 0 Å². The van der Waals surface area contributed by atoms with Gasteiger partial charge in [0.1, 0.15) is 5.82 Å². The number of aliphatic carboxylic acids is 1. The van der Waals surface area contributed by atoms with Gasteiger partial charge in [-0.2, -0.15) is 26.3 Å². The van der Waals surface area contributed by atoms with E-state index in [0.717, 1.165) is 4.90 Å². The van der Waals surface area contributed by atoms with Crippen LogP contribution in [0.3, 0.4) is 0 Å². The standard InChI is InChI=1S/C29H32F7N3O3.C2H6/c1-16-10-22(30)4-5-24(16)25-14-23(38-8-6-18(15-38)26(40)41)7-9-39(25)27(42)37(3)17(2)19-11-20(28(31,32)33)13-21(12-19)29(34,35)36;1-2/h4-5,10-13,17-18,23,25H,6-9,14-15H2,1-3H3,(H,40,41);1-2H3. The Balaban J connectivity index is 0.00000259. The Morgan fingerprint density at radius 3 is 2.05 bits per heavy atom. The molecule has 4 unspecified atom stereocenters. The minimum atomic E-state index is -5.03. The van der Waals surface area contributed by atoms with Gasteiger partial charge in [-0.3, -0.25) is 9.69 Å². The maximum Gasteiger partial charge on any atom is 0.416 e. The molecule has 2 aromatic carbocycles. The van der Waals surface area contributed by atoms with Gasteiger partial charge >= 0.3 is 24.4 Å². The predicted molar refractivity (Wildman–Crippen MR) is 150 cm³/mol. The molecule has 13 heteroatoms. The summed E-state index contributed by atoms with van der Waals surface area (Å²) in [5, 5.41) is 9.42. The van der Waals surface area contributed by atoms with Crippen LogP contribution in [0.5, 0.6) is 0 Å². The fraction of sp³-hybridized carbons (Fsp3) is 0.548. The number of amides is 2. The molecule has 6 nitrogen and oxygen atoms in total.